The molecule has 1 heterocycles. The van der Waals surface area contributed by atoms with Crippen molar-refractivity contribution in [1.82, 2.24) is 15.6 Å². The van der Waals surface area contributed by atoms with Crippen molar-refractivity contribution in [2.24, 2.45) is 0 Å². The van der Waals surface area contributed by atoms with Crippen LogP contribution in [0.5, 0.6) is 0 Å². The molecule has 0 unspecified atom stereocenters. The van der Waals surface area contributed by atoms with Crippen LogP contribution in [-0.4, -0.2) is 45.9 Å². The van der Waals surface area contributed by atoms with E-state index in [0.717, 1.165) is 19.3 Å². The first-order chi connectivity index (χ1) is 11.6. The van der Waals surface area contributed by atoms with Gasteiger partial charge in [-0.15, -0.1) is 0 Å². The van der Waals surface area contributed by atoms with Gasteiger partial charge in [-0.3, -0.25) is 14.9 Å². The number of amides is 1. The summed E-state index contributed by atoms with van der Waals surface area (Å²) in [4.78, 5) is 21.7. The molecule has 10 nitrogen and oxygen atoms in total. The summed E-state index contributed by atoms with van der Waals surface area (Å²) in [6, 6.07) is 2.94. The van der Waals surface area contributed by atoms with Crippen molar-refractivity contribution >= 4 is 28.3 Å². The molecule has 0 aliphatic heterocycles. The molecule has 0 bridgehead atoms. The van der Waals surface area contributed by atoms with E-state index in [2.05, 4.69) is 25.6 Å². The van der Waals surface area contributed by atoms with Gasteiger partial charge in [-0.1, -0.05) is 6.42 Å². The molecule has 1 aromatic carbocycles. The third-order valence-corrected chi connectivity index (χ3v) is 3.42. The molecule has 0 aliphatic carbocycles. The fraction of sp³-hybridized carbons (Fsp3) is 0.500. The van der Waals surface area contributed by atoms with Crippen LogP contribution in [0.15, 0.2) is 16.8 Å². The van der Waals surface area contributed by atoms with Gasteiger partial charge in [0.05, 0.1) is 17.2 Å². The molecule has 0 atom stereocenters. The summed E-state index contributed by atoms with van der Waals surface area (Å²) < 4.78 is 4.59. The van der Waals surface area contributed by atoms with Crippen molar-refractivity contribution in [2.45, 2.75) is 25.7 Å². The zero-order valence-corrected chi connectivity index (χ0v) is 13.0. The van der Waals surface area contributed by atoms with E-state index in [1.165, 1.54) is 6.07 Å². The second kappa shape index (κ2) is 8.77. The van der Waals surface area contributed by atoms with Crippen LogP contribution in [0.3, 0.4) is 0 Å². The average Bonchev–Trinajstić information content (AvgIpc) is 3.05. The molecule has 0 radical (unpaired) electrons. The lowest BCUT2D eigenvalue weighted by Crippen LogP contribution is -2.25. The van der Waals surface area contributed by atoms with Gasteiger partial charge in [0.2, 0.25) is 11.4 Å². The smallest absolute Gasteiger partial charge is 0.300 e. The number of nitrogens with one attached hydrogen (secondary N) is 2. The SMILES string of the molecule is O=C(CCCCCNc1ccc([N+](=O)[O-])c2nonc12)NCCO. The fourth-order valence-electron chi connectivity index (χ4n) is 2.24. The number of benzene rings is 1. The Morgan fingerprint density at radius 3 is 2.75 bits per heavy atom. The molecule has 0 fully saturated rings. The van der Waals surface area contributed by atoms with E-state index in [1.807, 2.05) is 0 Å². The van der Waals surface area contributed by atoms with Crippen LogP contribution in [0.2, 0.25) is 0 Å². The molecule has 10 heteroatoms. The molecule has 130 valence electrons. The van der Waals surface area contributed by atoms with E-state index < -0.39 is 4.92 Å². The highest BCUT2D eigenvalue weighted by Gasteiger charge is 2.19. The van der Waals surface area contributed by atoms with Crippen molar-refractivity contribution in [3.63, 3.8) is 0 Å². The minimum absolute atomic E-state index is 0.0593. The summed E-state index contributed by atoms with van der Waals surface area (Å²) in [5, 5.41) is 32.5. The van der Waals surface area contributed by atoms with E-state index >= 15 is 0 Å². The Morgan fingerprint density at radius 2 is 2.00 bits per heavy atom. The first-order valence-corrected chi connectivity index (χ1v) is 7.64. The molecule has 0 spiro atoms. The number of carbonyl (C=O) groups excluding carboxylic acids is 1. The van der Waals surface area contributed by atoms with E-state index in [4.69, 9.17) is 5.11 Å². The van der Waals surface area contributed by atoms with Gasteiger partial charge >= 0.3 is 5.69 Å². The molecule has 3 N–H and O–H groups in total. The number of anilines is 1. The predicted molar refractivity (Wildman–Crippen MR) is 85.5 cm³/mol. The summed E-state index contributed by atoms with van der Waals surface area (Å²) in [7, 11) is 0. The van der Waals surface area contributed by atoms with Gasteiger partial charge in [0.25, 0.3) is 0 Å². The Kier molecular flexibility index (Phi) is 6.43. The van der Waals surface area contributed by atoms with Crippen molar-refractivity contribution in [3.05, 3.63) is 22.2 Å². The maximum absolute atomic E-state index is 11.3. The maximum Gasteiger partial charge on any atom is 0.300 e. The summed E-state index contributed by atoms with van der Waals surface area (Å²) in [6.45, 7) is 0.858. The molecule has 24 heavy (non-hydrogen) atoms. The monoisotopic (exact) mass is 337 g/mol. The Bertz CT molecular complexity index is 702. The number of non-ortho nitro benzene ring substituents is 1. The van der Waals surface area contributed by atoms with Crippen molar-refractivity contribution in [2.75, 3.05) is 25.0 Å². The number of nitro benzene ring substituents is 1. The highest BCUT2D eigenvalue weighted by molar-refractivity contribution is 5.93. The summed E-state index contributed by atoms with van der Waals surface area (Å²) in [5.74, 6) is -0.0669. The molecule has 2 aromatic rings. The number of hydrogen-bond acceptors (Lipinski definition) is 8. The number of hydrogen-bond donors (Lipinski definition) is 3. The third-order valence-electron chi connectivity index (χ3n) is 3.42. The molecule has 0 saturated carbocycles. The number of unbranched alkanes of at least 4 members (excludes halogenated alkanes) is 2. The number of rotatable bonds is 10. The van der Waals surface area contributed by atoms with E-state index in [0.29, 0.717) is 24.2 Å². The number of fused-ring (bicyclic) bond motifs is 1. The lowest BCUT2D eigenvalue weighted by molar-refractivity contribution is -0.383. The molecular weight excluding hydrogens is 318 g/mol. The van der Waals surface area contributed by atoms with Crippen LogP contribution in [0.4, 0.5) is 11.4 Å². The number of nitro groups is 1. The van der Waals surface area contributed by atoms with Gasteiger partial charge in [-0.2, -0.15) is 0 Å². The van der Waals surface area contributed by atoms with E-state index in [9.17, 15) is 14.9 Å². The van der Waals surface area contributed by atoms with Crippen LogP contribution in [0.25, 0.3) is 11.0 Å². The molecule has 0 aliphatic rings. The van der Waals surface area contributed by atoms with Crippen LogP contribution < -0.4 is 10.6 Å². The van der Waals surface area contributed by atoms with Crippen LogP contribution >= 0.6 is 0 Å². The second-order valence-corrected chi connectivity index (χ2v) is 5.16. The lowest BCUT2D eigenvalue weighted by Gasteiger charge is -2.06. The van der Waals surface area contributed by atoms with Crippen molar-refractivity contribution in [3.8, 4) is 0 Å². The van der Waals surface area contributed by atoms with Crippen LogP contribution in [0, 0.1) is 10.1 Å². The van der Waals surface area contributed by atoms with Crippen LogP contribution in [0.1, 0.15) is 25.7 Å². The van der Waals surface area contributed by atoms with Gasteiger partial charge in [-0.25, -0.2) is 4.63 Å². The highest BCUT2D eigenvalue weighted by Crippen LogP contribution is 2.28. The minimum Gasteiger partial charge on any atom is -0.395 e. The Labute approximate surface area is 137 Å². The Hall–Kier alpha value is -2.75. The van der Waals surface area contributed by atoms with Crippen LogP contribution in [-0.2, 0) is 4.79 Å². The Balaban J connectivity index is 1.76. The maximum atomic E-state index is 11.3. The summed E-state index contributed by atoms with van der Waals surface area (Å²) in [6.07, 6.45) is 2.86. The summed E-state index contributed by atoms with van der Waals surface area (Å²) in [5.41, 5.74) is 0.918. The number of nitrogens with zero attached hydrogens (tertiary/aromatic N) is 3. The van der Waals surface area contributed by atoms with Gasteiger partial charge in [-0.05, 0) is 29.2 Å². The zero-order chi connectivity index (χ0) is 17.4. The van der Waals surface area contributed by atoms with Crippen molar-refractivity contribution < 1.29 is 19.5 Å². The number of aliphatic hydroxyl groups excluding tert-OH is 1. The lowest BCUT2D eigenvalue weighted by atomic mass is 10.1. The van der Waals surface area contributed by atoms with Gasteiger partial charge in [0.1, 0.15) is 0 Å². The van der Waals surface area contributed by atoms with Gasteiger partial charge in [0, 0.05) is 25.6 Å². The Morgan fingerprint density at radius 1 is 1.21 bits per heavy atom. The number of aliphatic hydroxyl groups is 1. The van der Waals surface area contributed by atoms with Crippen molar-refractivity contribution in [1.29, 1.82) is 0 Å². The zero-order valence-electron chi connectivity index (χ0n) is 13.0. The van der Waals surface area contributed by atoms with E-state index in [1.54, 1.807) is 6.07 Å². The number of carbonyl (C=O) groups is 1. The second-order valence-electron chi connectivity index (χ2n) is 5.16. The minimum atomic E-state index is -0.530. The normalized spacial score (nSPS) is 10.7. The topological polar surface area (TPSA) is 143 Å². The first-order valence-electron chi connectivity index (χ1n) is 7.64. The molecular formula is C14H19N5O5. The molecule has 1 amide bonds. The standard InChI is InChI=1S/C14H19N5O5/c20-9-8-16-12(21)4-2-1-3-7-15-10-5-6-11(19(22)23)14-13(10)17-24-18-14/h5-6,15,20H,1-4,7-9H2,(H,16,21). The van der Waals surface area contributed by atoms with E-state index in [-0.39, 0.29) is 30.3 Å². The fourth-order valence-corrected chi connectivity index (χ4v) is 2.24. The highest BCUT2D eigenvalue weighted by atomic mass is 16.6. The summed E-state index contributed by atoms with van der Waals surface area (Å²) >= 11 is 0. The average molecular weight is 337 g/mol. The number of aromatic nitrogens is 2. The largest absolute Gasteiger partial charge is 0.395 e. The first kappa shape index (κ1) is 17.6. The quantitative estimate of drug-likeness (QED) is 0.333. The van der Waals surface area contributed by atoms with Gasteiger partial charge in [0.15, 0.2) is 5.52 Å². The molecule has 1 aromatic heterocycles. The molecule has 2 rings (SSSR count). The molecule has 0 saturated heterocycles. The van der Waals surface area contributed by atoms with Gasteiger partial charge < -0.3 is 15.7 Å². The third kappa shape index (κ3) is 4.62. The predicted octanol–water partition coefficient (Wildman–Crippen LogP) is 1.21.